The van der Waals surface area contributed by atoms with E-state index in [1.54, 1.807) is 0 Å². The fourth-order valence-corrected chi connectivity index (χ4v) is 4.84. The molecule has 2 N–H and O–H groups in total. The van der Waals surface area contributed by atoms with Crippen LogP contribution in [0.25, 0.3) is 10.2 Å². The van der Waals surface area contributed by atoms with Crippen LogP contribution in [0.2, 0.25) is 0 Å². The second kappa shape index (κ2) is 9.16. The molecule has 2 heterocycles. The molecule has 0 spiro atoms. The molecule has 0 saturated carbocycles. The smallest absolute Gasteiger partial charge is 0.286 e. The zero-order valence-electron chi connectivity index (χ0n) is 15.5. The molecule has 10 nitrogen and oxygen atoms in total. The summed E-state index contributed by atoms with van der Waals surface area (Å²) in [5.74, 6) is -0.601. The molecule has 31 heavy (non-hydrogen) atoms. The Morgan fingerprint density at radius 2 is 1.81 bits per heavy atom. The fourth-order valence-electron chi connectivity index (χ4n) is 2.43. The Bertz CT molecular complexity index is 1240. The first-order valence-electron chi connectivity index (χ1n) is 8.65. The van der Waals surface area contributed by atoms with Gasteiger partial charge < -0.3 is 5.32 Å². The van der Waals surface area contributed by atoms with Crippen molar-refractivity contribution in [3.05, 3.63) is 63.7 Å². The molecule has 0 bridgehead atoms. The van der Waals surface area contributed by atoms with Crippen LogP contribution in [0.5, 0.6) is 0 Å². The zero-order chi connectivity index (χ0) is 21.8. The van der Waals surface area contributed by atoms with Crippen LogP contribution in [0.15, 0.2) is 52.9 Å². The van der Waals surface area contributed by atoms with Gasteiger partial charge in [-0.25, -0.2) is 4.98 Å². The van der Waals surface area contributed by atoms with E-state index >= 15 is 0 Å². The van der Waals surface area contributed by atoms with E-state index in [0.717, 1.165) is 33.3 Å². The van der Waals surface area contributed by atoms with Crippen molar-refractivity contribution in [2.75, 3.05) is 16.4 Å². The molecule has 0 fully saturated rings. The van der Waals surface area contributed by atoms with Crippen LogP contribution in [0.3, 0.4) is 0 Å². The third kappa shape index (κ3) is 5.20. The Balaban J connectivity index is 1.29. The van der Waals surface area contributed by atoms with Crippen LogP contribution in [0.4, 0.5) is 16.5 Å². The van der Waals surface area contributed by atoms with Crippen LogP contribution in [-0.2, 0) is 4.79 Å². The molecule has 4 rings (SSSR count). The number of nitro groups is 1. The third-order valence-corrected chi connectivity index (χ3v) is 6.81. The van der Waals surface area contributed by atoms with E-state index in [-0.39, 0.29) is 23.3 Å². The summed E-state index contributed by atoms with van der Waals surface area (Å²) in [6, 6.07) is 13.0. The number of fused-ring (bicyclic) bond motifs is 1. The van der Waals surface area contributed by atoms with E-state index in [0.29, 0.717) is 20.2 Å². The lowest BCUT2D eigenvalue weighted by atomic mass is 10.3. The molecule has 4 aromatic rings. The van der Waals surface area contributed by atoms with E-state index in [4.69, 9.17) is 0 Å². The molecular weight excluding hydrogens is 460 g/mol. The number of aromatic nitrogens is 3. The van der Waals surface area contributed by atoms with Gasteiger partial charge in [-0.2, -0.15) is 0 Å². The second-order valence-electron chi connectivity index (χ2n) is 5.95. The molecule has 13 heteroatoms. The van der Waals surface area contributed by atoms with Crippen molar-refractivity contribution >= 4 is 73.0 Å². The van der Waals surface area contributed by atoms with Crippen molar-refractivity contribution < 1.29 is 14.5 Å². The maximum Gasteiger partial charge on any atom is 0.286 e. The predicted octanol–water partition coefficient (Wildman–Crippen LogP) is 4.04. The minimum atomic E-state index is -0.510. The molecule has 2 aromatic carbocycles. The highest BCUT2D eigenvalue weighted by Crippen LogP contribution is 2.27. The van der Waals surface area contributed by atoms with Gasteiger partial charge in [-0.3, -0.25) is 25.0 Å². The highest BCUT2D eigenvalue weighted by Gasteiger charge is 2.15. The summed E-state index contributed by atoms with van der Waals surface area (Å²) in [5, 5.41) is 24.5. The Labute approximate surface area is 186 Å². The first-order valence-corrected chi connectivity index (χ1v) is 11.3. The predicted molar refractivity (Wildman–Crippen MR) is 120 cm³/mol. The highest BCUT2D eigenvalue weighted by molar-refractivity contribution is 8.01. The lowest BCUT2D eigenvalue weighted by Crippen LogP contribution is -2.13. The number of para-hydroxylation sites is 1. The number of nitrogens with one attached hydrogen (secondary N) is 2. The Kier molecular flexibility index (Phi) is 6.16. The average Bonchev–Trinajstić information content (AvgIpc) is 3.39. The van der Waals surface area contributed by atoms with Gasteiger partial charge in [-0.15, -0.1) is 21.5 Å². The van der Waals surface area contributed by atoms with Crippen LogP contribution in [0, 0.1) is 10.1 Å². The number of nitro benzene ring substituents is 1. The van der Waals surface area contributed by atoms with E-state index in [2.05, 4.69) is 25.8 Å². The summed E-state index contributed by atoms with van der Waals surface area (Å²) in [6.07, 6.45) is 0. The summed E-state index contributed by atoms with van der Waals surface area (Å²) in [5.41, 5.74) is 1.16. The van der Waals surface area contributed by atoms with E-state index in [9.17, 15) is 19.7 Å². The van der Waals surface area contributed by atoms with E-state index in [1.165, 1.54) is 35.6 Å². The molecule has 2 amide bonds. The Morgan fingerprint density at radius 1 is 1.03 bits per heavy atom. The summed E-state index contributed by atoms with van der Waals surface area (Å²) in [6.45, 7) is 0. The van der Waals surface area contributed by atoms with Crippen molar-refractivity contribution in [3.63, 3.8) is 0 Å². The summed E-state index contributed by atoms with van der Waals surface area (Å²) in [7, 11) is 0. The Morgan fingerprint density at radius 3 is 2.55 bits per heavy atom. The van der Waals surface area contributed by atoms with Crippen LogP contribution < -0.4 is 10.6 Å². The highest BCUT2D eigenvalue weighted by atomic mass is 32.2. The van der Waals surface area contributed by atoms with E-state index in [1.807, 2.05) is 24.3 Å². The van der Waals surface area contributed by atoms with Gasteiger partial charge in [0.05, 0.1) is 20.9 Å². The molecule has 0 saturated heterocycles. The van der Waals surface area contributed by atoms with Gasteiger partial charge in [0.15, 0.2) is 9.35 Å². The standard InChI is InChI=1S/C18H12N6O4S3/c25-14(19-10-5-7-11(8-6-10)24(27)28)9-29-18-23-22-17(31-18)21-15(26)16-20-12-3-1-2-4-13(12)30-16/h1-8H,9H2,(H,19,25)(H,21,22,26). The lowest BCUT2D eigenvalue weighted by molar-refractivity contribution is -0.384. The third-order valence-electron chi connectivity index (χ3n) is 3.80. The van der Waals surface area contributed by atoms with Crippen LogP contribution in [-0.4, -0.2) is 37.7 Å². The molecule has 0 unspecified atom stereocenters. The maximum absolute atomic E-state index is 12.4. The number of hydrogen-bond acceptors (Lipinski definition) is 10. The second-order valence-corrected chi connectivity index (χ2v) is 9.19. The van der Waals surface area contributed by atoms with Crippen molar-refractivity contribution in [3.8, 4) is 0 Å². The van der Waals surface area contributed by atoms with Gasteiger partial charge in [0.1, 0.15) is 0 Å². The van der Waals surface area contributed by atoms with E-state index < -0.39 is 4.92 Å². The molecule has 0 aliphatic carbocycles. The minimum Gasteiger partial charge on any atom is -0.325 e. The van der Waals surface area contributed by atoms with Crippen LogP contribution >= 0.6 is 34.4 Å². The summed E-state index contributed by atoms with van der Waals surface area (Å²) >= 11 is 3.60. The first kappa shape index (κ1) is 20.8. The molecule has 0 aliphatic heterocycles. The number of nitrogens with zero attached hydrogens (tertiary/aromatic N) is 4. The fraction of sp³-hybridized carbons (Fsp3) is 0.0556. The van der Waals surface area contributed by atoms with Gasteiger partial charge in [0.25, 0.3) is 11.6 Å². The van der Waals surface area contributed by atoms with Crippen molar-refractivity contribution in [2.45, 2.75) is 4.34 Å². The number of carbonyl (C=O) groups excluding carboxylic acids is 2. The zero-order valence-corrected chi connectivity index (χ0v) is 17.9. The van der Waals surface area contributed by atoms with Crippen LogP contribution in [0.1, 0.15) is 9.80 Å². The topological polar surface area (TPSA) is 140 Å². The number of carbonyl (C=O) groups is 2. The average molecular weight is 473 g/mol. The maximum atomic E-state index is 12.4. The molecular formula is C18H12N6O4S3. The number of benzene rings is 2. The molecule has 0 aliphatic rings. The van der Waals surface area contributed by atoms with Crippen molar-refractivity contribution in [2.24, 2.45) is 0 Å². The number of thiazole rings is 1. The van der Waals surface area contributed by atoms with Gasteiger partial charge in [-0.1, -0.05) is 35.2 Å². The molecule has 156 valence electrons. The van der Waals surface area contributed by atoms with Gasteiger partial charge in [0, 0.05) is 17.8 Å². The molecule has 2 aromatic heterocycles. The SMILES string of the molecule is O=C(CSc1nnc(NC(=O)c2nc3ccccc3s2)s1)Nc1ccc([N+](=O)[O-])cc1. The lowest BCUT2D eigenvalue weighted by Gasteiger charge is -2.03. The number of anilines is 2. The summed E-state index contributed by atoms with van der Waals surface area (Å²) in [4.78, 5) is 38.9. The number of non-ortho nitro benzene ring substituents is 1. The minimum absolute atomic E-state index is 0.0540. The number of rotatable bonds is 7. The largest absolute Gasteiger partial charge is 0.325 e. The Hall–Kier alpha value is -3.42. The number of hydrogen-bond donors (Lipinski definition) is 2. The van der Waals surface area contributed by atoms with Gasteiger partial charge in [0.2, 0.25) is 11.0 Å². The summed E-state index contributed by atoms with van der Waals surface area (Å²) < 4.78 is 1.43. The number of amides is 2. The van der Waals surface area contributed by atoms with Crippen molar-refractivity contribution in [1.82, 2.24) is 15.2 Å². The first-order chi connectivity index (χ1) is 15.0. The van der Waals surface area contributed by atoms with Gasteiger partial charge >= 0.3 is 0 Å². The molecule has 0 radical (unpaired) electrons. The van der Waals surface area contributed by atoms with Gasteiger partial charge in [-0.05, 0) is 24.3 Å². The number of thioether (sulfide) groups is 1. The molecule has 0 atom stereocenters. The quantitative estimate of drug-likeness (QED) is 0.178. The van der Waals surface area contributed by atoms with Crippen molar-refractivity contribution in [1.29, 1.82) is 0 Å². The monoisotopic (exact) mass is 472 g/mol. The normalized spacial score (nSPS) is 10.7.